The molecule has 8 heteroatoms. The van der Waals surface area contributed by atoms with E-state index in [-0.39, 0.29) is 10.0 Å². The van der Waals surface area contributed by atoms with Gasteiger partial charge in [0.15, 0.2) is 0 Å². The van der Waals surface area contributed by atoms with E-state index >= 15 is 0 Å². The van der Waals surface area contributed by atoms with Gasteiger partial charge in [-0.1, -0.05) is 17.7 Å². The van der Waals surface area contributed by atoms with Crippen molar-refractivity contribution in [1.29, 1.82) is 0 Å². The van der Waals surface area contributed by atoms with Crippen molar-refractivity contribution in [3.8, 4) is 0 Å². The zero-order chi connectivity index (χ0) is 15.5. The van der Waals surface area contributed by atoms with Crippen LogP contribution in [0.5, 0.6) is 0 Å². The number of hydrogen-bond acceptors (Lipinski definition) is 4. The molecular formula is C13H13BrClN3O2S. The lowest BCUT2D eigenvalue weighted by molar-refractivity contribution is 0.470. The number of pyridine rings is 2. The number of nitrogens with zero attached hydrogens (tertiary/aromatic N) is 3. The third-order valence-corrected chi connectivity index (χ3v) is 5.84. The van der Waals surface area contributed by atoms with Gasteiger partial charge in [-0.3, -0.25) is 4.98 Å². The summed E-state index contributed by atoms with van der Waals surface area (Å²) >= 11 is 8.95. The van der Waals surface area contributed by atoms with Gasteiger partial charge in [0.2, 0.25) is 10.0 Å². The van der Waals surface area contributed by atoms with E-state index in [2.05, 4.69) is 25.9 Å². The Balaban J connectivity index is 2.13. The van der Waals surface area contributed by atoms with Crippen LogP contribution in [0.2, 0.25) is 5.15 Å². The summed E-state index contributed by atoms with van der Waals surface area (Å²) in [5, 5.41) is 0.227. The normalized spacial score (nSPS) is 11.8. The molecule has 2 heterocycles. The Hall–Kier alpha value is -1.02. The van der Waals surface area contributed by atoms with Gasteiger partial charge in [0.25, 0.3) is 0 Å². The smallest absolute Gasteiger partial charge is 0.244 e. The van der Waals surface area contributed by atoms with Crippen molar-refractivity contribution >= 4 is 37.6 Å². The highest BCUT2D eigenvalue weighted by Crippen LogP contribution is 2.24. The molecule has 0 spiro atoms. The van der Waals surface area contributed by atoms with E-state index in [1.165, 1.54) is 23.6 Å². The van der Waals surface area contributed by atoms with Gasteiger partial charge in [-0.25, -0.2) is 17.7 Å². The molecular weight excluding hydrogens is 378 g/mol. The molecule has 0 N–H and O–H groups in total. The third kappa shape index (κ3) is 4.00. The minimum atomic E-state index is -3.59. The Kier molecular flexibility index (Phi) is 5.32. The maximum Gasteiger partial charge on any atom is 0.244 e. The van der Waals surface area contributed by atoms with Crippen molar-refractivity contribution in [1.82, 2.24) is 14.3 Å². The van der Waals surface area contributed by atoms with Crippen molar-refractivity contribution in [2.75, 3.05) is 13.6 Å². The fourth-order valence-electron chi connectivity index (χ4n) is 1.66. The van der Waals surface area contributed by atoms with Crippen molar-refractivity contribution in [2.45, 2.75) is 11.3 Å². The molecule has 0 fully saturated rings. The molecule has 0 amide bonds. The molecule has 5 nitrogen and oxygen atoms in total. The van der Waals surface area contributed by atoms with Crippen molar-refractivity contribution in [3.05, 3.63) is 52.0 Å². The Bertz CT molecular complexity index is 725. The van der Waals surface area contributed by atoms with Gasteiger partial charge in [0, 0.05) is 38.1 Å². The zero-order valence-electron chi connectivity index (χ0n) is 11.2. The van der Waals surface area contributed by atoms with Crippen LogP contribution < -0.4 is 0 Å². The molecule has 0 aliphatic rings. The Labute approximate surface area is 137 Å². The molecule has 2 aromatic heterocycles. The molecule has 0 aliphatic heterocycles. The Morgan fingerprint density at radius 3 is 2.71 bits per heavy atom. The summed E-state index contributed by atoms with van der Waals surface area (Å²) in [6, 6.07) is 7.00. The van der Waals surface area contributed by atoms with Gasteiger partial charge in [0.1, 0.15) is 10.0 Å². The lowest BCUT2D eigenvalue weighted by atomic mass is 10.3. The van der Waals surface area contributed by atoms with E-state index in [1.54, 1.807) is 6.20 Å². The molecule has 2 rings (SSSR count). The predicted octanol–water partition coefficient (Wildman–Crippen LogP) is 2.76. The molecule has 0 atom stereocenters. The first kappa shape index (κ1) is 16.4. The van der Waals surface area contributed by atoms with Crippen LogP contribution in [-0.2, 0) is 16.4 Å². The van der Waals surface area contributed by atoms with Gasteiger partial charge in [-0.2, -0.15) is 0 Å². The third-order valence-electron chi connectivity index (χ3n) is 2.89. The molecule has 0 bridgehead atoms. The predicted molar refractivity (Wildman–Crippen MR) is 84.7 cm³/mol. The lowest BCUT2D eigenvalue weighted by Gasteiger charge is -2.17. The SMILES string of the molecule is CN(CCc1ccccn1)S(=O)(=O)c1cnc(Cl)c(Br)c1. The molecule has 21 heavy (non-hydrogen) atoms. The zero-order valence-corrected chi connectivity index (χ0v) is 14.4. The number of sulfonamides is 1. The highest BCUT2D eigenvalue weighted by molar-refractivity contribution is 9.10. The molecule has 0 aliphatic carbocycles. The minimum absolute atomic E-state index is 0.0993. The van der Waals surface area contributed by atoms with E-state index in [9.17, 15) is 8.42 Å². The fourth-order valence-corrected chi connectivity index (χ4v) is 3.41. The lowest BCUT2D eigenvalue weighted by Crippen LogP contribution is -2.29. The van der Waals surface area contributed by atoms with Crippen LogP contribution in [0.4, 0.5) is 0 Å². The highest BCUT2D eigenvalue weighted by atomic mass is 79.9. The second kappa shape index (κ2) is 6.83. The summed E-state index contributed by atoms with van der Waals surface area (Å²) in [6.07, 6.45) is 3.47. The van der Waals surface area contributed by atoms with Crippen LogP contribution in [0.1, 0.15) is 5.69 Å². The van der Waals surface area contributed by atoms with Gasteiger partial charge < -0.3 is 0 Å². The van der Waals surface area contributed by atoms with Crippen LogP contribution in [0.3, 0.4) is 0 Å². The first-order valence-electron chi connectivity index (χ1n) is 6.08. The summed E-state index contributed by atoms with van der Waals surface area (Å²) in [5.41, 5.74) is 0.843. The Morgan fingerprint density at radius 2 is 2.10 bits per heavy atom. The standard InChI is InChI=1S/C13H13BrClN3O2S/c1-18(7-5-10-4-2-3-6-16-10)21(19,20)11-8-12(14)13(15)17-9-11/h2-4,6,8-9H,5,7H2,1H3. The Morgan fingerprint density at radius 1 is 1.33 bits per heavy atom. The van der Waals surface area contributed by atoms with E-state index < -0.39 is 10.0 Å². The number of likely N-dealkylation sites (N-methyl/N-ethyl adjacent to an activating group) is 1. The molecule has 0 aromatic carbocycles. The molecule has 0 saturated heterocycles. The van der Waals surface area contributed by atoms with E-state index in [0.717, 1.165) is 5.69 Å². The quantitative estimate of drug-likeness (QED) is 0.737. The maximum absolute atomic E-state index is 12.4. The average Bonchev–Trinajstić information content (AvgIpc) is 2.48. The van der Waals surface area contributed by atoms with Gasteiger partial charge in [-0.05, 0) is 34.1 Å². The summed E-state index contributed by atoms with van der Waals surface area (Å²) in [6.45, 7) is 0.333. The summed E-state index contributed by atoms with van der Waals surface area (Å²) in [4.78, 5) is 8.12. The molecule has 0 saturated carbocycles. The van der Waals surface area contributed by atoms with Gasteiger partial charge in [0.05, 0.1) is 4.47 Å². The number of halogens is 2. The monoisotopic (exact) mass is 389 g/mol. The first-order valence-corrected chi connectivity index (χ1v) is 8.69. The summed E-state index contributed by atoms with van der Waals surface area (Å²) < 4.78 is 26.6. The summed E-state index contributed by atoms with van der Waals surface area (Å²) in [7, 11) is -2.07. The van der Waals surface area contributed by atoms with Crippen LogP contribution in [0.15, 0.2) is 46.0 Å². The first-order chi connectivity index (χ1) is 9.91. The molecule has 0 unspecified atom stereocenters. The van der Waals surface area contributed by atoms with E-state index in [0.29, 0.717) is 17.4 Å². The number of aromatic nitrogens is 2. The van der Waals surface area contributed by atoms with Crippen molar-refractivity contribution < 1.29 is 8.42 Å². The van der Waals surface area contributed by atoms with Crippen LogP contribution in [-0.4, -0.2) is 36.3 Å². The topological polar surface area (TPSA) is 63.2 Å². The second-order valence-electron chi connectivity index (χ2n) is 4.34. The van der Waals surface area contributed by atoms with Crippen LogP contribution in [0, 0.1) is 0 Å². The van der Waals surface area contributed by atoms with E-state index in [4.69, 9.17) is 11.6 Å². The fraction of sp³-hybridized carbons (Fsp3) is 0.231. The van der Waals surface area contributed by atoms with Gasteiger partial charge in [-0.15, -0.1) is 0 Å². The van der Waals surface area contributed by atoms with E-state index in [1.807, 2.05) is 18.2 Å². The minimum Gasteiger partial charge on any atom is -0.261 e. The number of rotatable bonds is 5. The maximum atomic E-state index is 12.4. The summed E-state index contributed by atoms with van der Waals surface area (Å²) in [5.74, 6) is 0. The van der Waals surface area contributed by atoms with Crippen LogP contribution in [0.25, 0.3) is 0 Å². The highest BCUT2D eigenvalue weighted by Gasteiger charge is 2.22. The van der Waals surface area contributed by atoms with Gasteiger partial charge >= 0.3 is 0 Å². The van der Waals surface area contributed by atoms with Crippen LogP contribution >= 0.6 is 27.5 Å². The molecule has 2 aromatic rings. The second-order valence-corrected chi connectivity index (χ2v) is 7.60. The van der Waals surface area contributed by atoms with Crippen molar-refractivity contribution in [3.63, 3.8) is 0 Å². The average molecular weight is 391 g/mol. The largest absolute Gasteiger partial charge is 0.261 e. The van der Waals surface area contributed by atoms with Crippen molar-refractivity contribution in [2.24, 2.45) is 0 Å². The molecule has 0 radical (unpaired) electrons. The number of hydrogen-bond donors (Lipinski definition) is 0. The molecule has 112 valence electrons.